The van der Waals surface area contributed by atoms with E-state index in [0.29, 0.717) is 34.4 Å². The Bertz CT molecular complexity index is 1570. The number of pyridine rings is 1. The fraction of sp³-hybridized carbons (Fsp3) is 0.0968. The van der Waals surface area contributed by atoms with Gasteiger partial charge in [-0.2, -0.15) is 0 Å². The van der Waals surface area contributed by atoms with Gasteiger partial charge in [-0.15, -0.1) is 0 Å². The second-order valence-electron chi connectivity index (χ2n) is 8.55. The van der Waals surface area contributed by atoms with Crippen LogP contribution in [0.2, 0.25) is 0 Å². The molecule has 0 aliphatic carbocycles. The van der Waals surface area contributed by atoms with E-state index in [9.17, 15) is 4.79 Å². The topological polar surface area (TPSA) is 86.2 Å². The van der Waals surface area contributed by atoms with Crippen LogP contribution in [0.5, 0.6) is 23.1 Å². The molecular formula is C31H26N4O3. The first-order chi connectivity index (χ1) is 18.6. The first-order valence-electron chi connectivity index (χ1n) is 12.3. The molecule has 0 bridgehead atoms. The first-order valence-corrected chi connectivity index (χ1v) is 12.3. The number of benzene rings is 3. The molecule has 5 aromatic rings. The van der Waals surface area contributed by atoms with Gasteiger partial charge in [0.15, 0.2) is 0 Å². The summed E-state index contributed by atoms with van der Waals surface area (Å²) in [5.41, 5.74) is 3.51. The molecule has 5 rings (SSSR count). The second-order valence-corrected chi connectivity index (χ2v) is 8.55. The lowest BCUT2D eigenvalue weighted by molar-refractivity contribution is 0.102. The molecular weight excluding hydrogens is 476 g/mol. The number of carbonyl (C=O) groups is 1. The second kappa shape index (κ2) is 11.3. The summed E-state index contributed by atoms with van der Waals surface area (Å²) in [5, 5.41) is 2.95. The van der Waals surface area contributed by atoms with Gasteiger partial charge in [-0.1, -0.05) is 31.2 Å². The van der Waals surface area contributed by atoms with Crippen molar-refractivity contribution in [1.82, 2.24) is 15.0 Å². The minimum atomic E-state index is -0.237. The number of ether oxygens (including phenoxy) is 2. The normalized spacial score (nSPS) is 10.6. The molecule has 0 aliphatic rings. The van der Waals surface area contributed by atoms with Crippen molar-refractivity contribution < 1.29 is 14.3 Å². The van der Waals surface area contributed by atoms with E-state index in [4.69, 9.17) is 9.47 Å². The van der Waals surface area contributed by atoms with Crippen LogP contribution in [0.15, 0.2) is 103 Å². The van der Waals surface area contributed by atoms with Gasteiger partial charge in [0.05, 0.1) is 11.3 Å². The molecule has 1 N–H and O–H groups in total. The molecule has 0 saturated heterocycles. The summed E-state index contributed by atoms with van der Waals surface area (Å²) < 4.78 is 12.0. The maximum atomic E-state index is 12.9. The molecule has 0 saturated carbocycles. The number of hydrogen-bond donors (Lipinski definition) is 1. The minimum absolute atomic E-state index is 0.237. The van der Waals surface area contributed by atoms with E-state index in [1.165, 1.54) is 0 Å². The quantitative estimate of drug-likeness (QED) is 0.241. The van der Waals surface area contributed by atoms with Crippen LogP contribution >= 0.6 is 0 Å². The largest absolute Gasteiger partial charge is 0.457 e. The molecule has 7 heteroatoms. The highest BCUT2D eigenvalue weighted by molar-refractivity contribution is 6.04. The zero-order valence-corrected chi connectivity index (χ0v) is 21.1. The van der Waals surface area contributed by atoms with Gasteiger partial charge in [0.1, 0.15) is 23.1 Å². The van der Waals surface area contributed by atoms with Gasteiger partial charge in [-0.05, 0) is 79.2 Å². The number of nitrogens with zero attached hydrogens (tertiary/aromatic N) is 3. The Labute approximate surface area is 221 Å². The molecule has 2 heterocycles. The summed E-state index contributed by atoms with van der Waals surface area (Å²) in [5.74, 6) is 2.89. The Balaban J connectivity index is 1.30. The van der Waals surface area contributed by atoms with Crippen LogP contribution < -0.4 is 14.8 Å². The summed E-state index contributed by atoms with van der Waals surface area (Å²) in [6.45, 7) is 3.93. The molecule has 188 valence electrons. The lowest BCUT2D eigenvalue weighted by Crippen LogP contribution is -2.12. The van der Waals surface area contributed by atoms with Crippen molar-refractivity contribution in [1.29, 1.82) is 0 Å². The average Bonchev–Trinajstić information content (AvgIpc) is 2.95. The van der Waals surface area contributed by atoms with E-state index in [1.54, 1.807) is 36.7 Å². The fourth-order valence-electron chi connectivity index (χ4n) is 3.86. The van der Waals surface area contributed by atoms with Crippen LogP contribution in [0.25, 0.3) is 11.3 Å². The van der Waals surface area contributed by atoms with E-state index < -0.39 is 0 Å². The van der Waals surface area contributed by atoms with Crippen molar-refractivity contribution in [2.24, 2.45) is 0 Å². The number of hydrogen-bond acceptors (Lipinski definition) is 6. The third kappa shape index (κ3) is 5.84. The molecule has 3 aromatic carbocycles. The van der Waals surface area contributed by atoms with E-state index in [-0.39, 0.29) is 5.91 Å². The Morgan fingerprint density at radius 2 is 1.66 bits per heavy atom. The van der Waals surface area contributed by atoms with E-state index >= 15 is 0 Å². The van der Waals surface area contributed by atoms with Crippen molar-refractivity contribution >= 4 is 11.6 Å². The van der Waals surface area contributed by atoms with Crippen LogP contribution in [0.3, 0.4) is 0 Å². The van der Waals surface area contributed by atoms with Crippen molar-refractivity contribution in [2.45, 2.75) is 20.3 Å². The Kier molecular flexibility index (Phi) is 7.36. The van der Waals surface area contributed by atoms with Gasteiger partial charge in [0.25, 0.3) is 5.91 Å². The van der Waals surface area contributed by atoms with Crippen LogP contribution in [0.1, 0.15) is 28.7 Å². The molecule has 38 heavy (non-hydrogen) atoms. The summed E-state index contributed by atoms with van der Waals surface area (Å²) in [6, 6.07) is 27.6. The third-order valence-corrected chi connectivity index (χ3v) is 5.78. The smallest absolute Gasteiger partial charge is 0.255 e. The third-order valence-electron chi connectivity index (χ3n) is 5.78. The number of aryl methyl sites for hydroxylation is 2. The highest BCUT2D eigenvalue weighted by atomic mass is 16.5. The van der Waals surface area contributed by atoms with Crippen molar-refractivity contribution in [2.75, 3.05) is 5.32 Å². The van der Waals surface area contributed by atoms with Crippen LogP contribution in [0, 0.1) is 6.92 Å². The molecule has 1 amide bonds. The van der Waals surface area contributed by atoms with Crippen molar-refractivity contribution in [3.05, 3.63) is 120 Å². The molecule has 2 aromatic heterocycles. The molecule has 0 unspecified atom stereocenters. The zero-order chi connectivity index (χ0) is 26.3. The lowest BCUT2D eigenvalue weighted by atomic mass is 10.1. The van der Waals surface area contributed by atoms with Gasteiger partial charge in [0.2, 0.25) is 5.88 Å². The predicted octanol–water partition coefficient (Wildman–Crippen LogP) is 7.25. The average molecular weight is 503 g/mol. The van der Waals surface area contributed by atoms with E-state index in [0.717, 1.165) is 29.1 Å². The van der Waals surface area contributed by atoms with Gasteiger partial charge >= 0.3 is 0 Å². The minimum Gasteiger partial charge on any atom is -0.457 e. The number of carbonyl (C=O) groups excluding carboxylic acids is 1. The maximum absolute atomic E-state index is 12.9. The Morgan fingerprint density at radius 3 is 2.47 bits per heavy atom. The van der Waals surface area contributed by atoms with Crippen LogP contribution in [-0.4, -0.2) is 20.9 Å². The summed E-state index contributed by atoms with van der Waals surface area (Å²) in [7, 11) is 0. The molecule has 0 aliphatic heterocycles. The molecule has 0 spiro atoms. The van der Waals surface area contributed by atoms with Gasteiger partial charge in [0, 0.05) is 30.1 Å². The summed E-state index contributed by atoms with van der Waals surface area (Å²) >= 11 is 0. The monoisotopic (exact) mass is 502 g/mol. The molecule has 0 atom stereocenters. The Morgan fingerprint density at radius 1 is 0.816 bits per heavy atom. The molecule has 0 fully saturated rings. The number of anilines is 1. The maximum Gasteiger partial charge on any atom is 0.255 e. The van der Waals surface area contributed by atoms with E-state index in [1.807, 2.05) is 80.6 Å². The number of rotatable bonds is 8. The highest BCUT2D eigenvalue weighted by Crippen LogP contribution is 2.33. The Hall–Kier alpha value is -5.04. The fourth-order valence-corrected chi connectivity index (χ4v) is 3.86. The first kappa shape index (κ1) is 24.6. The van der Waals surface area contributed by atoms with Crippen LogP contribution in [0.4, 0.5) is 5.69 Å². The molecule has 7 nitrogen and oxygen atoms in total. The van der Waals surface area contributed by atoms with Gasteiger partial charge in [-0.25, -0.2) is 15.0 Å². The lowest BCUT2D eigenvalue weighted by Gasteiger charge is -2.13. The zero-order valence-electron chi connectivity index (χ0n) is 21.1. The van der Waals surface area contributed by atoms with Crippen molar-refractivity contribution in [3.63, 3.8) is 0 Å². The summed E-state index contributed by atoms with van der Waals surface area (Å²) in [4.78, 5) is 26.3. The SMILES string of the molecule is CCc1nccc(-c2cccnc2Oc2ccc(NC(=O)c3cccc(Oc4ccccc4)c3)cc2C)n1. The van der Waals surface area contributed by atoms with Gasteiger partial charge in [-0.3, -0.25) is 4.79 Å². The predicted molar refractivity (Wildman–Crippen MR) is 147 cm³/mol. The summed E-state index contributed by atoms with van der Waals surface area (Å²) in [6.07, 6.45) is 4.16. The molecule has 0 radical (unpaired) electrons. The number of nitrogens with one attached hydrogen (secondary N) is 1. The standard InChI is InChI=1S/C31H26N4O3/c1-3-29-32-18-16-27(35-29)26-13-8-17-33-31(26)38-28-15-14-23(19-21(28)2)34-30(36)22-9-7-12-25(20-22)37-24-10-5-4-6-11-24/h4-20H,3H2,1-2H3,(H,34,36). The van der Waals surface area contributed by atoms with Gasteiger partial charge < -0.3 is 14.8 Å². The number of aromatic nitrogens is 3. The van der Waals surface area contributed by atoms with E-state index in [2.05, 4.69) is 20.3 Å². The van der Waals surface area contributed by atoms with Crippen LogP contribution in [-0.2, 0) is 6.42 Å². The highest BCUT2D eigenvalue weighted by Gasteiger charge is 2.13. The van der Waals surface area contributed by atoms with Crippen molar-refractivity contribution in [3.8, 4) is 34.4 Å². The number of para-hydroxylation sites is 1. The number of amides is 1.